The second-order valence-electron chi connectivity index (χ2n) is 5.71. The number of urea groups is 1. The molecule has 0 radical (unpaired) electrons. The van der Waals surface area contributed by atoms with Crippen molar-refractivity contribution in [3.05, 3.63) is 18.2 Å². The minimum absolute atomic E-state index is 0.0726. The van der Waals surface area contributed by atoms with Gasteiger partial charge in [0.15, 0.2) is 11.5 Å². The van der Waals surface area contributed by atoms with E-state index in [1.165, 1.54) is 0 Å². The molecule has 1 atom stereocenters. The molecular weight excluding hydrogens is 286 g/mol. The maximum Gasteiger partial charge on any atom is 0.319 e. The number of carbonyl (C=O) groups excluding carboxylic acids is 2. The molecular formula is C15H19N3O4. The van der Waals surface area contributed by atoms with Gasteiger partial charge in [0.1, 0.15) is 0 Å². The van der Waals surface area contributed by atoms with E-state index >= 15 is 0 Å². The number of likely N-dealkylation sites (tertiary alicyclic amines) is 1. The highest BCUT2D eigenvalue weighted by Crippen LogP contribution is 2.34. The van der Waals surface area contributed by atoms with Gasteiger partial charge in [-0.15, -0.1) is 0 Å². The van der Waals surface area contributed by atoms with Crippen LogP contribution in [0.15, 0.2) is 18.2 Å². The Kier molecular flexibility index (Phi) is 3.79. The molecule has 0 bridgehead atoms. The Morgan fingerprint density at radius 2 is 2.09 bits per heavy atom. The third-order valence-corrected chi connectivity index (χ3v) is 3.75. The van der Waals surface area contributed by atoms with Crippen molar-refractivity contribution in [1.82, 2.24) is 10.2 Å². The van der Waals surface area contributed by atoms with Gasteiger partial charge in [-0.05, 0) is 26.0 Å². The Bertz CT molecular complexity index is 602. The van der Waals surface area contributed by atoms with Crippen LogP contribution >= 0.6 is 0 Å². The lowest BCUT2D eigenvalue weighted by Gasteiger charge is -2.21. The zero-order valence-corrected chi connectivity index (χ0v) is 12.6. The van der Waals surface area contributed by atoms with E-state index in [1.54, 1.807) is 23.1 Å². The first-order chi connectivity index (χ1) is 10.5. The summed E-state index contributed by atoms with van der Waals surface area (Å²) in [6.45, 7) is 4.67. The van der Waals surface area contributed by atoms with E-state index in [0.29, 0.717) is 30.2 Å². The Hall–Kier alpha value is -2.44. The highest BCUT2D eigenvalue weighted by molar-refractivity contribution is 5.91. The third-order valence-electron chi connectivity index (χ3n) is 3.75. The average molecular weight is 305 g/mol. The van der Waals surface area contributed by atoms with Crippen molar-refractivity contribution in [1.29, 1.82) is 0 Å². The topological polar surface area (TPSA) is 79.9 Å². The summed E-state index contributed by atoms with van der Waals surface area (Å²) < 4.78 is 10.5. The molecule has 3 amide bonds. The van der Waals surface area contributed by atoms with Crippen molar-refractivity contribution in [2.24, 2.45) is 0 Å². The largest absolute Gasteiger partial charge is 0.454 e. The van der Waals surface area contributed by atoms with Crippen molar-refractivity contribution in [3.8, 4) is 11.5 Å². The average Bonchev–Trinajstić information content (AvgIpc) is 3.04. The van der Waals surface area contributed by atoms with E-state index < -0.39 is 0 Å². The van der Waals surface area contributed by atoms with E-state index in [2.05, 4.69) is 10.6 Å². The van der Waals surface area contributed by atoms with E-state index in [1.807, 2.05) is 13.8 Å². The van der Waals surface area contributed by atoms with Crippen LogP contribution in [0.3, 0.4) is 0 Å². The number of anilines is 1. The first kappa shape index (κ1) is 14.5. The van der Waals surface area contributed by atoms with Crippen molar-refractivity contribution in [3.63, 3.8) is 0 Å². The fraction of sp³-hybridized carbons (Fsp3) is 0.467. The van der Waals surface area contributed by atoms with Crippen LogP contribution in [0.2, 0.25) is 0 Å². The number of carbonyl (C=O) groups is 2. The smallest absolute Gasteiger partial charge is 0.319 e. The molecule has 1 aromatic rings. The van der Waals surface area contributed by atoms with Gasteiger partial charge in [0.05, 0.1) is 6.04 Å². The Morgan fingerprint density at radius 3 is 2.82 bits per heavy atom. The molecule has 7 nitrogen and oxygen atoms in total. The first-order valence-electron chi connectivity index (χ1n) is 7.29. The molecule has 2 heterocycles. The van der Waals surface area contributed by atoms with E-state index in [9.17, 15) is 9.59 Å². The van der Waals surface area contributed by atoms with Crippen LogP contribution in [0.5, 0.6) is 11.5 Å². The van der Waals surface area contributed by atoms with Crippen LogP contribution in [-0.2, 0) is 4.79 Å². The van der Waals surface area contributed by atoms with Crippen molar-refractivity contribution < 1.29 is 19.1 Å². The molecule has 118 valence electrons. The second-order valence-corrected chi connectivity index (χ2v) is 5.71. The van der Waals surface area contributed by atoms with Gasteiger partial charge in [0.2, 0.25) is 12.7 Å². The number of nitrogens with zero attached hydrogens (tertiary/aromatic N) is 1. The van der Waals surface area contributed by atoms with Gasteiger partial charge in [-0.1, -0.05) is 0 Å². The molecule has 0 spiro atoms. The SMILES string of the molecule is CC(C)N1CC(NC(=O)Nc2ccc3c(c2)OCO3)CC1=O. The summed E-state index contributed by atoms with van der Waals surface area (Å²) in [7, 11) is 0. The zero-order chi connectivity index (χ0) is 15.7. The second kappa shape index (κ2) is 5.75. The molecule has 1 saturated heterocycles. The number of amides is 3. The van der Waals surface area contributed by atoms with Gasteiger partial charge < -0.3 is 25.0 Å². The maximum absolute atomic E-state index is 12.0. The monoisotopic (exact) mass is 305 g/mol. The number of hydrogen-bond acceptors (Lipinski definition) is 4. The Balaban J connectivity index is 1.56. The standard InChI is InChI=1S/C15H19N3O4/c1-9(2)18-7-11(6-14(18)19)17-15(20)16-10-3-4-12-13(5-10)22-8-21-12/h3-5,9,11H,6-8H2,1-2H3,(H2,16,17,20). The molecule has 7 heteroatoms. The molecule has 0 saturated carbocycles. The predicted molar refractivity (Wildman–Crippen MR) is 80.0 cm³/mol. The van der Waals surface area contributed by atoms with Crippen LogP contribution in [0.4, 0.5) is 10.5 Å². The van der Waals surface area contributed by atoms with Crippen LogP contribution in [-0.4, -0.2) is 42.3 Å². The Labute approximate surface area is 128 Å². The molecule has 22 heavy (non-hydrogen) atoms. The van der Waals surface area contributed by atoms with Crippen LogP contribution in [0, 0.1) is 0 Å². The summed E-state index contributed by atoms with van der Waals surface area (Å²) in [5.74, 6) is 1.35. The summed E-state index contributed by atoms with van der Waals surface area (Å²) >= 11 is 0. The summed E-state index contributed by atoms with van der Waals surface area (Å²) in [6, 6.07) is 4.86. The molecule has 0 aliphatic carbocycles. The van der Waals surface area contributed by atoms with Gasteiger partial charge in [-0.25, -0.2) is 4.79 Å². The quantitative estimate of drug-likeness (QED) is 0.888. The molecule has 3 rings (SSSR count). The normalized spacial score (nSPS) is 19.7. The Morgan fingerprint density at radius 1 is 1.32 bits per heavy atom. The molecule has 2 aliphatic rings. The highest BCUT2D eigenvalue weighted by Gasteiger charge is 2.32. The van der Waals surface area contributed by atoms with Gasteiger partial charge in [-0.2, -0.15) is 0 Å². The van der Waals surface area contributed by atoms with Gasteiger partial charge >= 0.3 is 6.03 Å². The zero-order valence-electron chi connectivity index (χ0n) is 12.6. The van der Waals surface area contributed by atoms with Crippen molar-refractivity contribution in [2.45, 2.75) is 32.4 Å². The minimum atomic E-state index is -0.331. The van der Waals surface area contributed by atoms with Gasteiger partial charge in [-0.3, -0.25) is 4.79 Å². The van der Waals surface area contributed by atoms with E-state index in [0.717, 1.165) is 0 Å². The summed E-state index contributed by atoms with van der Waals surface area (Å²) in [4.78, 5) is 25.6. The molecule has 2 aliphatic heterocycles. The van der Waals surface area contributed by atoms with Gasteiger partial charge in [0, 0.05) is 30.8 Å². The fourth-order valence-electron chi connectivity index (χ4n) is 2.65. The summed E-state index contributed by atoms with van der Waals surface area (Å²) in [5, 5.41) is 5.57. The number of rotatable bonds is 3. The molecule has 1 aromatic carbocycles. The van der Waals surface area contributed by atoms with Crippen LogP contribution < -0.4 is 20.1 Å². The lowest BCUT2D eigenvalue weighted by molar-refractivity contribution is -0.129. The molecule has 1 fully saturated rings. The van der Waals surface area contributed by atoms with E-state index in [4.69, 9.17) is 9.47 Å². The number of nitrogens with one attached hydrogen (secondary N) is 2. The molecule has 2 N–H and O–H groups in total. The summed E-state index contributed by atoms with van der Waals surface area (Å²) in [5.41, 5.74) is 0.617. The van der Waals surface area contributed by atoms with Crippen molar-refractivity contribution >= 4 is 17.6 Å². The minimum Gasteiger partial charge on any atom is -0.454 e. The van der Waals surface area contributed by atoms with Crippen LogP contribution in [0.1, 0.15) is 20.3 Å². The predicted octanol–water partition coefficient (Wildman–Crippen LogP) is 1.55. The molecule has 0 aromatic heterocycles. The third kappa shape index (κ3) is 2.93. The van der Waals surface area contributed by atoms with Crippen molar-refractivity contribution in [2.75, 3.05) is 18.7 Å². The summed E-state index contributed by atoms with van der Waals surface area (Å²) in [6.07, 6.45) is 0.340. The maximum atomic E-state index is 12.0. The fourth-order valence-corrected chi connectivity index (χ4v) is 2.65. The first-order valence-corrected chi connectivity index (χ1v) is 7.29. The van der Waals surface area contributed by atoms with Crippen LogP contribution in [0.25, 0.3) is 0 Å². The number of benzene rings is 1. The lowest BCUT2D eigenvalue weighted by atomic mass is 10.2. The van der Waals surface area contributed by atoms with E-state index in [-0.39, 0.29) is 30.8 Å². The number of fused-ring (bicyclic) bond motifs is 1. The number of ether oxygens (including phenoxy) is 2. The lowest BCUT2D eigenvalue weighted by Crippen LogP contribution is -2.40. The van der Waals surface area contributed by atoms with Gasteiger partial charge in [0.25, 0.3) is 0 Å². The molecule has 1 unspecified atom stereocenters. The number of hydrogen-bond donors (Lipinski definition) is 2. The highest BCUT2D eigenvalue weighted by atomic mass is 16.7.